The maximum Gasteiger partial charge on any atom is 0.191 e. The molecule has 3 aromatic heterocycles. The van der Waals surface area contributed by atoms with Crippen molar-refractivity contribution in [2.45, 2.75) is 13.5 Å². The number of hydrogen-bond donors (Lipinski definition) is 1. The molecule has 0 saturated carbocycles. The summed E-state index contributed by atoms with van der Waals surface area (Å²) in [5.74, 6) is 1.19. The summed E-state index contributed by atoms with van der Waals surface area (Å²) in [6, 6.07) is 10.5. The van der Waals surface area contributed by atoms with E-state index in [1.807, 2.05) is 6.07 Å². The maximum absolute atomic E-state index is 14.6. The summed E-state index contributed by atoms with van der Waals surface area (Å²) in [5.41, 5.74) is 1.98. The molecule has 9 heteroatoms. The van der Waals surface area contributed by atoms with Gasteiger partial charge in [-0.25, -0.2) is 23.7 Å². The summed E-state index contributed by atoms with van der Waals surface area (Å²) in [7, 11) is 1.51. The minimum atomic E-state index is -0.680. The zero-order valence-electron chi connectivity index (χ0n) is 18.3. The van der Waals surface area contributed by atoms with E-state index in [2.05, 4.69) is 15.3 Å². The van der Waals surface area contributed by atoms with Crippen LogP contribution >= 0.6 is 0 Å². The molecule has 0 aliphatic heterocycles. The molecule has 0 unspecified atom stereocenters. The highest BCUT2D eigenvalue weighted by atomic mass is 19.1. The first-order valence-corrected chi connectivity index (χ1v) is 10.4. The minimum absolute atomic E-state index is 0.231. The van der Waals surface area contributed by atoms with E-state index in [-0.39, 0.29) is 5.56 Å². The number of rotatable bonds is 6. The largest absolute Gasteiger partial charge is 0.494 e. The van der Waals surface area contributed by atoms with Crippen molar-refractivity contribution in [1.82, 2.24) is 19.9 Å². The molecule has 0 atom stereocenters. The first kappa shape index (κ1) is 21.4. The number of halogens is 2. The molecule has 0 fully saturated rings. The van der Waals surface area contributed by atoms with Crippen molar-refractivity contribution in [3.8, 4) is 28.3 Å². The Morgan fingerprint density at radius 2 is 1.91 bits per heavy atom. The molecular weight excluding hydrogens is 440 g/mol. The Morgan fingerprint density at radius 3 is 2.62 bits per heavy atom. The van der Waals surface area contributed by atoms with E-state index in [0.717, 1.165) is 11.6 Å². The van der Waals surface area contributed by atoms with E-state index in [1.165, 1.54) is 19.2 Å². The third kappa shape index (κ3) is 4.15. The number of fused-ring (bicyclic) bond motifs is 1. The Kier molecular flexibility index (Phi) is 5.59. The summed E-state index contributed by atoms with van der Waals surface area (Å²) >= 11 is 0. The number of methoxy groups -OCH3 is 1. The van der Waals surface area contributed by atoms with Crippen LogP contribution in [0.15, 0.2) is 65.5 Å². The van der Waals surface area contributed by atoms with Gasteiger partial charge in [0, 0.05) is 41.9 Å². The van der Waals surface area contributed by atoms with Crippen LogP contribution in [0.3, 0.4) is 0 Å². The number of nitrogens with zero attached hydrogens (tertiary/aromatic N) is 4. The van der Waals surface area contributed by atoms with Crippen molar-refractivity contribution in [3.05, 3.63) is 84.3 Å². The number of aromatic nitrogens is 4. The molecule has 0 saturated heterocycles. The number of pyridine rings is 1. The average Bonchev–Trinajstić information content (AvgIpc) is 3.27. The highest BCUT2D eigenvalue weighted by molar-refractivity contribution is 5.97. The van der Waals surface area contributed by atoms with Crippen molar-refractivity contribution < 1.29 is 17.9 Å². The number of anilines is 1. The molecule has 0 radical (unpaired) electrons. The Balaban J connectivity index is 1.70. The predicted octanol–water partition coefficient (Wildman–Crippen LogP) is 5.55. The van der Waals surface area contributed by atoms with Gasteiger partial charge in [0.05, 0.1) is 19.9 Å². The summed E-state index contributed by atoms with van der Waals surface area (Å²) in [6.45, 7) is 2.08. The van der Waals surface area contributed by atoms with Crippen LogP contribution in [0.2, 0.25) is 0 Å². The van der Waals surface area contributed by atoms with Gasteiger partial charge >= 0.3 is 0 Å². The number of benzene rings is 2. The lowest BCUT2D eigenvalue weighted by molar-refractivity contribution is 0.419. The number of hydrogen-bond acceptors (Lipinski definition) is 7. The predicted molar refractivity (Wildman–Crippen MR) is 123 cm³/mol. The zero-order chi connectivity index (χ0) is 23.7. The van der Waals surface area contributed by atoms with Crippen LogP contribution < -0.4 is 10.1 Å². The third-order valence-electron chi connectivity index (χ3n) is 5.25. The standard InChI is InChI=1S/C25H19F2N5O2/c1-14-29-12-18(34-14)13-30-25-20-8-16(19-6-5-17(26)10-21(19)27)9-22(33-2)23(20)31-24(32-25)15-4-3-7-28-11-15/h3-12H,13H2,1-2H3,(H,30,31,32). The van der Waals surface area contributed by atoms with Crippen molar-refractivity contribution in [1.29, 1.82) is 0 Å². The summed E-state index contributed by atoms with van der Waals surface area (Å²) in [4.78, 5) is 17.7. The molecule has 0 aliphatic carbocycles. The second-order valence-electron chi connectivity index (χ2n) is 7.54. The van der Waals surface area contributed by atoms with Gasteiger partial charge in [-0.1, -0.05) is 0 Å². The molecule has 0 bridgehead atoms. The zero-order valence-corrected chi connectivity index (χ0v) is 18.3. The maximum atomic E-state index is 14.6. The Labute approximate surface area is 193 Å². The van der Waals surface area contributed by atoms with E-state index in [0.29, 0.717) is 52.1 Å². The molecule has 0 amide bonds. The number of aryl methyl sites for hydroxylation is 1. The van der Waals surface area contributed by atoms with Gasteiger partial charge in [0.25, 0.3) is 0 Å². The fourth-order valence-electron chi connectivity index (χ4n) is 3.65. The number of oxazole rings is 1. The Hall–Kier alpha value is -4.40. The van der Waals surface area contributed by atoms with Crippen molar-refractivity contribution in [3.63, 3.8) is 0 Å². The van der Waals surface area contributed by atoms with Crippen LogP contribution in [0.1, 0.15) is 11.7 Å². The fourth-order valence-corrected chi connectivity index (χ4v) is 3.65. The number of nitrogens with one attached hydrogen (secondary N) is 1. The van der Waals surface area contributed by atoms with Gasteiger partial charge in [-0.05, 0) is 42.0 Å². The topological polar surface area (TPSA) is 86.0 Å². The second kappa shape index (κ2) is 8.86. The lowest BCUT2D eigenvalue weighted by atomic mass is 10.0. The number of ether oxygens (including phenoxy) is 1. The monoisotopic (exact) mass is 459 g/mol. The van der Waals surface area contributed by atoms with E-state index < -0.39 is 11.6 Å². The van der Waals surface area contributed by atoms with Crippen molar-refractivity contribution in [2.75, 3.05) is 12.4 Å². The minimum Gasteiger partial charge on any atom is -0.494 e. The summed E-state index contributed by atoms with van der Waals surface area (Å²) < 4.78 is 39.2. The van der Waals surface area contributed by atoms with Gasteiger partial charge in [0.15, 0.2) is 11.7 Å². The van der Waals surface area contributed by atoms with E-state index >= 15 is 0 Å². The van der Waals surface area contributed by atoms with E-state index in [4.69, 9.17) is 19.1 Å². The molecule has 34 heavy (non-hydrogen) atoms. The average molecular weight is 459 g/mol. The van der Waals surface area contributed by atoms with Crippen molar-refractivity contribution >= 4 is 16.7 Å². The highest BCUT2D eigenvalue weighted by Crippen LogP contribution is 2.37. The smallest absolute Gasteiger partial charge is 0.191 e. The van der Waals surface area contributed by atoms with Crippen LogP contribution in [0, 0.1) is 18.6 Å². The fraction of sp³-hybridized carbons (Fsp3) is 0.120. The quantitative estimate of drug-likeness (QED) is 0.356. The second-order valence-corrected chi connectivity index (χ2v) is 7.54. The highest BCUT2D eigenvalue weighted by Gasteiger charge is 2.17. The molecular formula is C25H19F2N5O2. The van der Waals surface area contributed by atoms with Crippen molar-refractivity contribution in [2.24, 2.45) is 0 Å². The lowest BCUT2D eigenvalue weighted by Crippen LogP contribution is -2.05. The Bertz CT molecular complexity index is 1490. The molecule has 0 spiro atoms. The molecule has 0 aliphatic rings. The molecule has 3 heterocycles. The van der Waals surface area contributed by atoms with Crippen LogP contribution in [-0.2, 0) is 6.54 Å². The Morgan fingerprint density at radius 1 is 1.03 bits per heavy atom. The normalized spacial score (nSPS) is 11.1. The third-order valence-corrected chi connectivity index (χ3v) is 5.25. The summed E-state index contributed by atoms with van der Waals surface area (Å²) in [5, 5.41) is 3.87. The lowest BCUT2D eigenvalue weighted by Gasteiger charge is -2.15. The van der Waals surface area contributed by atoms with Gasteiger partial charge < -0.3 is 14.5 Å². The SMILES string of the molecule is COc1cc(-c2ccc(F)cc2F)cc2c(NCc3cnc(C)o3)nc(-c3cccnc3)nc12. The van der Waals surface area contributed by atoms with Crippen LogP contribution in [0.5, 0.6) is 5.75 Å². The van der Waals surface area contributed by atoms with Crippen LogP contribution in [-0.4, -0.2) is 27.0 Å². The molecule has 1 N–H and O–H groups in total. The van der Waals surface area contributed by atoms with Crippen LogP contribution in [0.25, 0.3) is 33.4 Å². The van der Waals surface area contributed by atoms with E-state index in [9.17, 15) is 8.78 Å². The van der Waals surface area contributed by atoms with Gasteiger partial charge in [-0.15, -0.1) is 0 Å². The molecule has 7 nitrogen and oxygen atoms in total. The molecule has 2 aromatic carbocycles. The molecule has 170 valence electrons. The first-order chi connectivity index (χ1) is 16.5. The van der Waals surface area contributed by atoms with Gasteiger partial charge in [0.2, 0.25) is 0 Å². The van der Waals surface area contributed by atoms with Gasteiger partial charge in [0.1, 0.15) is 34.5 Å². The molecule has 5 aromatic rings. The summed E-state index contributed by atoms with van der Waals surface area (Å²) in [6.07, 6.45) is 4.97. The first-order valence-electron chi connectivity index (χ1n) is 10.4. The van der Waals surface area contributed by atoms with E-state index in [1.54, 1.807) is 43.7 Å². The molecule has 5 rings (SSSR count). The van der Waals surface area contributed by atoms with Gasteiger partial charge in [-0.3, -0.25) is 4.98 Å². The van der Waals surface area contributed by atoms with Crippen LogP contribution in [0.4, 0.5) is 14.6 Å². The van der Waals surface area contributed by atoms with Gasteiger partial charge in [-0.2, -0.15) is 0 Å².